The molecule has 0 aromatic rings. The first-order valence-electron chi connectivity index (χ1n) is 5.13. The van der Waals surface area contributed by atoms with Crippen LogP contribution in [0.2, 0.25) is 0 Å². The molecule has 2 rings (SSSR count). The molecule has 1 saturated heterocycles. The van der Waals surface area contributed by atoms with Gasteiger partial charge in [-0.3, -0.25) is 4.79 Å². The van der Waals surface area contributed by atoms with E-state index in [-0.39, 0.29) is 5.54 Å². The molecule has 1 saturated carbocycles. The second-order valence-electron chi connectivity index (χ2n) is 4.90. The minimum atomic E-state index is -0.116. The van der Waals surface area contributed by atoms with Crippen LogP contribution in [0, 0.1) is 5.92 Å². The van der Waals surface area contributed by atoms with Crippen LogP contribution >= 0.6 is 0 Å². The molecule has 3 nitrogen and oxygen atoms in total. The molecule has 74 valence electrons. The number of rotatable bonds is 2. The molecule has 3 heteroatoms. The topological polar surface area (TPSA) is 46.3 Å². The van der Waals surface area contributed by atoms with E-state index in [0.29, 0.717) is 11.8 Å². The maximum atomic E-state index is 11.6. The summed E-state index contributed by atoms with van der Waals surface area (Å²) >= 11 is 0. The van der Waals surface area contributed by atoms with Crippen LogP contribution in [0.15, 0.2) is 0 Å². The van der Waals surface area contributed by atoms with Gasteiger partial charge >= 0.3 is 0 Å². The highest BCUT2D eigenvalue weighted by Crippen LogP contribution is 2.31. The number of likely N-dealkylation sites (tertiary alicyclic amines) is 1. The van der Waals surface area contributed by atoms with Crippen molar-refractivity contribution in [1.82, 2.24) is 4.90 Å². The summed E-state index contributed by atoms with van der Waals surface area (Å²) in [7, 11) is 0. The third-order valence-electron chi connectivity index (χ3n) is 3.14. The Hall–Kier alpha value is -0.570. The lowest BCUT2D eigenvalue weighted by atomic mass is 9.82. The van der Waals surface area contributed by atoms with Crippen LogP contribution in [-0.4, -0.2) is 29.4 Å². The zero-order chi connectivity index (χ0) is 9.47. The van der Waals surface area contributed by atoms with Gasteiger partial charge in [0.2, 0.25) is 5.91 Å². The summed E-state index contributed by atoms with van der Waals surface area (Å²) in [6, 6.07) is 0. The van der Waals surface area contributed by atoms with Crippen molar-refractivity contribution < 1.29 is 4.79 Å². The Kier molecular flexibility index (Phi) is 2.06. The van der Waals surface area contributed by atoms with Gasteiger partial charge < -0.3 is 10.6 Å². The van der Waals surface area contributed by atoms with Crippen molar-refractivity contribution in [2.75, 3.05) is 13.1 Å². The minimum Gasteiger partial charge on any atom is -0.339 e. The van der Waals surface area contributed by atoms with Crippen molar-refractivity contribution in [1.29, 1.82) is 0 Å². The lowest BCUT2D eigenvalue weighted by molar-refractivity contribution is -0.139. The summed E-state index contributed by atoms with van der Waals surface area (Å²) in [6.45, 7) is 3.50. The van der Waals surface area contributed by atoms with Crippen LogP contribution in [0.5, 0.6) is 0 Å². The van der Waals surface area contributed by atoms with Crippen LogP contribution in [-0.2, 0) is 4.79 Å². The van der Waals surface area contributed by atoms with Gasteiger partial charge in [-0.15, -0.1) is 0 Å². The Bertz CT molecular complexity index is 213. The SMILES string of the molecule is CC1(N)CN(C(=O)CC2CCC2)C1. The number of hydrogen-bond donors (Lipinski definition) is 1. The largest absolute Gasteiger partial charge is 0.339 e. The van der Waals surface area contributed by atoms with Gasteiger partial charge in [-0.2, -0.15) is 0 Å². The number of carbonyl (C=O) groups is 1. The van der Waals surface area contributed by atoms with Gasteiger partial charge in [-0.05, 0) is 25.7 Å². The molecule has 13 heavy (non-hydrogen) atoms. The van der Waals surface area contributed by atoms with Crippen molar-refractivity contribution in [3.05, 3.63) is 0 Å². The van der Waals surface area contributed by atoms with E-state index in [1.54, 1.807) is 0 Å². The molecule has 0 aromatic carbocycles. The lowest BCUT2D eigenvalue weighted by Gasteiger charge is -2.46. The molecular formula is C10H18N2O. The summed E-state index contributed by atoms with van der Waals surface area (Å²) in [6.07, 6.45) is 4.57. The number of amides is 1. The van der Waals surface area contributed by atoms with Crippen LogP contribution in [0.4, 0.5) is 0 Å². The van der Waals surface area contributed by atoms with Gasteiger partial charge in [0.05, 0.1) is 0 Å². The predicted molar refractivity (Wildman–Crippen MR) is 51.1 cm³/mol. The summed E-state index contributed by atoms with van der Waals surface area (Å²) in [4.78, 5) is 13.5. The van der Waals surface area contributed by atoms with E-state index in [1.165, 1.54) is 19.3 Å². The van der Waals surface area contributed by atoms with E-state index >= 15 is 0 Å². The maximum Gasteiger partial charge on any atom is 0.222 e. The molecule has 0 atom stereocenters. The van der Waals surface area contributed by atoms with Gasteiger partial charge in [0, 0.05) is 25.0 Å². The van der Waals surface area contributed by atoms with Gasteiger partial charge in [-0.25, -0.2) is 0 Å². The van der Waals surface area contributed by atoms with Gasteiger partial charge in [0.25, 0.3) is 0 Å². The van der Waals surface area contributed by atoms with E-state index < -0.39 is 0 Å². The first kappa shape index (κ1) is 9.00. The predicted octanol–water partition coefficient (Wildman–Crippen LogP) is 0.736. The monoisotopic (exact) mass is 182 g/mol. The third-order valence-corrected chi connectivity index (χ3v) is 3.14. The highest BCUT2D eigenvalue weighted by atomic mass is 16.2. The molecule has 0 radical (unpaired) electrons. The number of carbonyl (C=O) groups excluding carboxylic acids is 1. The molecule has 2 N–H and O–H groups in total. The molecule has 0 bridgehead atoms. The Morgan fingerprint density at radius 3 is 2.54 bits per heavy atom. The zero-order valence-electron chi connectivity index (χ0n) is 8.25. The summed E-state index contributed by atoms with van der Waals surface area (Å²) < 4.78 is 0. The van der Waals surface area contributed by atoms with E-state index in [4.69, 9.17) is 5.73 Å². The van der Waals surface area contributed by atoms with Crippen LogP contribution in [0.25, 0.3) is 0 Å². The normalized spacial score (nSPS) is 26.5. The summed E-state index contributed by atoms with van der Waals surface area (Å²) in [5, 5.41) is 0. The molecule has 1 aliphatic heterocycles. The molecule has 2 aliphatic rings. The molecular weight excluding hydrogens is 164 g/mol. The minimum absolute atomic E-state index is 0.116. The first-order valence-corrected chi connectivity index (χ1v) is 5.13. The van der Waals surface area contributed by atoms with Gasteiger partial charge in [0.15, 0.2) is 0 Å². The van der Waals surface area contributed by atoms with Gasteiger partial charge in [-0.1, -0.05) is 6.42 Å². The van der Waals surface area contributed by atoms with Crippen LogP contribution < -0.4 is 5.73 Å². The Balaban J connectivity index is 1.73. The molecule has 1 heterocycles. The van der Waals surface area contributed by atoms with Crippen molar-refractivity contribution in [3.63, 3.8) is 0 Å². The fraction of sp³-hybridized carbons (Fsp3) is 0.900. The fourth-order valence-corrected chi connectivity index (χ4v) is 2.08. The first-order chi connectivity index (χ1) is 6.07. The second kappa shape index (κ2) is 2.98. The quantitative estimate of drug-likeness (QED) is 0.684. The number of hydrogen-bond acceptors (Lipinski definition) is 2. The second-order valence-corrected chi connectivity index (χ2v) is 4.90. The van der Waals surface area contributed by atoms with Crippen LogP contribution in [0.3, 0.4) is 0 Å². The fourth-order valence-electron chi connectivity index (χ4n) is 2.08. The van der Waals surface area contributed by atoms with E-state index in [2.05, 4.69) is 0 Å². The van der Waals surface area contributed by atoms with Crippen molar-refractivity contribution in [2.45, 2.75) is 38.1 Å². The van der Waals surface area contributed by atoms with Crippen molar-refractivity contribution in [2.24, 2.45) is 11.7 Å². The smallest absolute Gasteiger partial charge is 0.222 e. The zero-order valence-corrected chi connectivity index (χ0v) is 8.25. The number of nitrogens with two attached hydrogens (primary N) is 1. The third kappa shape index (κ3) is 1.85. The average molecular weight is 182 g/mol. The lowest BCUT2D eigenvalue weighted by Crippen LogP contribution is -2.66. The Morgan fingerprint density at radius 2 is 2.15 bits per heavy atom. The van der Waals surface area contributed by atoms with Crippen LogP contribution in [0.1, 0.15) is 32.6 Å². The molecule has 1 amide bonds. The molecule has 0 aromatic heterocycles. The maximum absolute atomic E-state index is 11.6. The standard InChI is InChI=1S/C10H18N2O/c1-10(11)6-12(7-10)9(13)5-8-3-2-4-8/h8H,2-7,11H2,1H3. The molecule has 0 spiro atoms. The molecule has 2 fully saturated rings. The van der Waals surface area contributed by atoms with E-state index in [1.807, 2.05) is 11.8 Å². The van der Waals surface area contributed by atoms with Gasteiger partial charge in [0.1, 0.15) is 0 Å². The Morgan fingerprint density at radius 1 is 1.54 bits per heavy atom. The number of nitrogens with zero attached hydrogens (tertiary/aromatic N) is 1. The average Bonchev–Trinajstić information content (AvgIpc) is 1.91. The molecule has 0 unspecified atom stereocenters. The van der Waals surface area contributed by atoms with E-state index in [0.717, 1.165) is 19.5 Å². The molecule has 1 aliphatic carbocycles. The summed E-state index contributed by atoms with van der Waals surface area (Å²) in [5.41, 5.74) is 5.72. The van der Waals surface area contributed by atoms with Crippen molar-refractivity contribution >= 4 is 5.91 Å². The van der Waals surface area contributed by atoms with E-state index in [9.17, 15) is 4.79 Å². The highest BCUT2D eigenvalue weighted by Gasteiger charge is 2.38. The highest BCUT2D eigenvalue weighted by molar-refractivity contribution is 5.77. The summed E-state index contributed by atoms with van der Waals surface area (Å²) in [5.74, 6) is 0.991. The van der Waals surface area contributed by atoms with Crippen molar-refractivity contribution in [3.8, 4) is 0 Å². The Labute approximate surface area is 79.3 Å².